The second-order valence-electron chi connectivity index (χ2n) is 3.83. The average molecular weight is 297 g/mol. The molecule has 0 unspecified atom stereocenters. The molecule has 2 rings (SSSR count). The normalized spacial score (nSPS) is 11.4. The van der Waals surface area contributed by atoms with Crippen LogP contribution in [0.5, 0.6) is 0 Å². The van der Waals surface area contributed by atoms with Gasteiger partial charge in [0.25, 0.3) is 10.1 Å². The summed E-state index contributed by atoms with van der Waals surface area (Å²) in [6, 6.07) is 6.55. The molecule has 0 aliphatic carbocycles. The molecule has 0 fully saturated rings. The summed E-state index contributed by atoms with van der Waals surface area (Å²) in [5, 5.41) is 3.82. The number of aryl methyl sites for hydroxylation is 1. The second kappa shape index (κ2) is 6.14. The summed E-state index contributed by atoms with van der Waals surface area (Å²) in [7, 11) is -3.68. The van der Waals surface area contributed by atoms with Crippen LogP contribution in [0, 0.1) is 12.4 Å². The number of thiazole rings is 1. The molecule has 0 saturated heterocycles. The standard InChI is InChI=1S/C12H13N2O3S2/c1-10-2-4-11(5-3-10)19(15,16)17-7-6-14-12-8-13-9-18-12/h2-5,8,14H,6-7H2,1H3. The molecule has 0 aliphatic rings. The van der Waals surface area contributed by atoms with Crippen molar-refractivity contribution in [2.24, 2.45) is 0 Å². The first-order valence-electron chi connectivity index (χ1n) is 5.60. The molecule has 2 aromatic rings. The monoisotopic (exact) mass is 297 g/mol. The summed E-state index contributed by atoms with van der Waals surface area (Å²) < 4.78 is 28.6. The van der Waals surface area contributed by atoms with Crippen LogP contribution in [-0.4, -0.2) is 26.6 Å². The highest BCUT2D eigenvalue weighted by molar-refractivity contribution is 7.86. The van der Waals surface area contributed by atoms with E-state index < -0.39 is 10.1 Å². The maximum absolute atomic E-state index is 11.8. The van der Waals surface area contributed by atoms with Gasteiger partial charge in [-0.2, -0.15) is 8.42 Å². The summed E-state index contributed by atoms with van der Waals surface area (Å²) in [5.41, 5.74) is 3.69. The minimum absolute atomic E-state index is 0.0636. The maximum atomic E-state index is 11.8. The zero-order valence-corrected chi connectivity index (χ0v) is 11.9. The predicted octanol–water partition coefficient (Wildman–Crippen LogP) is 2.07. The van der Waals surface area contributed by atoms with E-state index in [1.54, 1.807) is 18.3 Å². The molecular weight excluding hydrogens is 284 g/mol. The van der Waals surface area contributed by atoms with E-state index in [9.17, 15) is 8.42 Å². The molecule has 0 amide bonds. The van der Waals surface area contributed by atoms with Crippen LogP contribution in [0.2, 0.25) is 0 Å². The van der Waals surface area contributed by atoms with Crippen LogP contribution in [-0.2, 0) is 14.3 Å². The molecule has 0 spiro atoms. The van der Waals surface area contributed by atoms with Gasteiger partial charge in [0.15, 0.2) is 5.51 Å². The molecule has 0 atom stereocenters. The summed E-state index contributed by atoms with van der Waals surface area (Å²) >= 11 is 1.33. The van der Waals surface area contributed by atoms with Crippen molar-refractivity contribution < 1.29 is 12.6 Å². The highest BCUT2D eigenvalue weighted by atomic mass is 32.2. The van der Waals surface area contributed by atoms with Gasteiger partial charge in [-0.05, 0) is 19.1 Å². The summed E-state index contributed by atoms with van der Waals surface area (Å²) in [4.78, 5) is 3.95. The van der Waals surface area contributed by atoms with Crippen LogP contribution in [0.25, 0.3) is 0 Å². The fourth-order valence-electron chi connectivity index (χ4n) is 1.37. The van der Waals surface area contributed by atoms with Crippen LogP contribution in [0.3, 0.4) is 0 Å². The lowest BCUT2D eigenvalue weighted by atomic mass is 10.2. The fraction of sp³-hybridized carbons (Fsp3) is 0.250. The molecule has 7 heteroatoms. The fourth-order valence-corrected chi connectivity index (χ4v) is 2.76. The Balaban J connectivity index is 1.86. The highest BCUT2D eigenvalue weighted by Gasteiger charge is 2.14. The Hall–Kier alpha value is -1.44. The van der Waals surface area contributed by atoms with E-state index in [1.165, 1.54) is 23.5 Å². The van der Waals surface area contributed by atoms with Crippen LogP contribution in [0.4, 0.5) is 5.00 Å². The molecule has 0 bridgehead atoms. The lowest BCUT2D eigenvalue weighted by Crippen LogP contribution is -2.14. The molecule has 101 valence electrons. The smallest absolute Gasteiger partial charge is 0.297 e. The van der Waals surface area contributed by atoms with Crippen molar-refractivity contribution in [3.63, 3.8) is 0 Å². The topological polar surface area (TPSA) is 68.3 Å². The molecule has 1 aromatic heterocycles. The van der Waals surface area contributed by atoms with Gasteiger partial charge in [-0.3, -0.25) is 4.18 Å². The Labute approximate surface area is 116 Å². The van der Waals surface area contributed by atoms with E-state index >= 15 is 0 Å². The predicted molar refractivity (Wildman–Crippen MR) is 73.8 cm³/mol. The van der Waals surface area contributed by atoms with E-state index in [-0.39, 0.29) is 11.5 Å². The van der Waals surface area contributed by atoms with Gasteiger partial charge in [0.2, 0.25) is 0 Å². The molecule has 1 aromatic carbocycles. The van der Waals surface area contributed by atoms with Crippen molar-refractivity contribution in [1.29, 1.82) is 0 Å². The van der Waals surface area contributed by atoms with Gasteiger partial charge in [0.1, 0.15) is 5.00 Å². The van der Waals surface area contributed by atoms with Gasteiger partial charge in [-0.1, -0.05) is 29.0 Å². The zero-order chi connectivity index (χ0) is 13.7. The number of aromatic nitrogens is 1. The van der Waals surface area contributed by atoms with Crippen molar-refractivity contribution in [1.82, 2.24) is 4.98 Å². The van der Waals surface area contributed by atoms with Gasteiger partial charge < -0.3 is 5.32 Å². The van der Waals surface area contributed by atoms with E-state index in [1.807, 2.05) is 6.92 Å². The third kappa shape index (κ3) is 4.02. The number of nitrogens with zero attached hydrogens (tertiary/aromatic N) is 1. The van der Waals surface area contributed by atoms with Gasteiger partial charge >= 0.3 is 0 Å². The first-order valence-corrected chi connectivity index (χ1v) is 7.82. The van der Waals surface area contributed by atoms with Crippen molar-refractivity contribution in [3.8, 4) is 0 Å². The third-order valence-electron chi connectivity index (χ3n) is 2.34. The first-order chi connectivity index (χ1) is 9.08. The molecule has 0 aliphatic heterocycles. The van der Waals surface area contributed by atoms with Crippen molar-refractivity contribution >= 4 is 26.5 Å². The first kappa shape index (κ1) is 14.0. The van der Waals surface area contributed by atoms with Crippen LogP contribution in [0.1, 0.15) is 5.56 Å². The van der Waals surface area contributed by atoms with E-state index in [2.05, 4.69) is 15.8 Å². The summed E-state index contributed by atoms with van der Waals surface area (Å²) in [6.45, 7) is 2.35. The Morgan fingerprint density at radius 2 is 2.11 bits per heavy atom. The Morgan fingerprint density at radius 3 is 2.74 bits per heavy atom. The Kier molecular flexibility index (Phi) is 4.52. The quantitative estimate of drug-likeness (QED) is 0.653. The SMILES string of the molecule is Cc1ccc(S(=O)(=O)OCCNc2cn[c]s2)cc1. The molecule has 1 N–H and O–H groups in total. The van der Waals surface area contributed by atoms with Gasteiger partial charge in [0.05, 0.1) is 17.7 Å². The van der Waals surface area contributed by atoms with Crippen LogP contribution in [0.15, 0.2) is 35.4 Å². The number of nitrogens with one attached hydrogen (secondary N) is 1. The zero-order valence-electron chi connectivity index (χ0n) is 10.3. The largest absolute Gasteiger partial charge is 0.373 e. The van der Waals surface area contributed by atoms with Crippen LogP contribution >= 0.6 is 11.3 Å². The van der Waals surface area contributed by atoms with Gasteiger partial charge in [-0.15, -0.1) is 0 Å². The van der Waals surface area contributed by atoms with Crippen LogP contribution < -0.4 is 5.32 Å². The van der Waals surface area contributed by atoms with Gasteiger partial charge in [-0.25, -0.2) is 4.98 Å². The summed E-state index contributed by atoms with van der Waals surface area (Å²) in [5.74, 6) is 0. The van der Waals surface area contributed by atoms with Crippen molar-refractivity contribution in [3.05, 3.63) is 41.5 Å². The minimum atomic E-state index is -3.68. The van der Waals surface area contributed by atoms with Gasteiger partial charge in [0, 0.05) is 6.54 Å². The third-order valence-corrected chi connectivity index (χ3v) is 4.33. The molecular formula is C12H13N2O3S2. The lowest BCUT2D eigenvalue weighted by molar-refractivity contribution is 0.332. The van der Waals surface area contributed by atoms with E-state index in [0.717, 1.165) is 10.6 Å². The number of benzene rings is 1. The second-order valence-corrected chi connectivity index (χ2v) is 6.27. The molecule has 1 radical (unpaired) electrons. The Morgan fingerprint density at radius 1 is 1.37 bits per heavy atom. The number of rotatable bonds is 6. The number of hydrogen-bond donors (Lipinski definition) is 1. The van der Waals surface area contributed by atoms with E-state index in [4.69, 9.17) is 4.18 Å². The molecule has 5 nitrogen and oxygen atoms in total. The van der Waals surface area contributed by atoms with E-state index in [0.29, 0.717) is 6.54 Å². The van der Waals surface area contributed by atoms with Crippen molar-refractivity contribution in [2.45, 2.75) is 11.8 Å². The Bertz CT molecular complexity index is 607. The minimum Gasteiger partial charge on any atom is -0.373 e. The lowest BCUT2D eigenvalue weighted by Gasteiger charge is -2.06. The average Bonchev–Trinajstić information content (AvgIpc) is 2.88. The maximum Gasteiger partial charge on any atom is 0.297 e. The van der Waals surface area contributed by atoms with Crippen molar-refractivity contribution in [2.75, 3.05) is 18.5 Å². The molecule has 19 heavy (non-hydrogen) atoms. The highest BCUT2D eigenvalue weighted by Crippen LogP contribution is 2.14. The molecule has 0 saturated carbocycles. The number of anilines is 1. The molecule has 1 heterocycles. The number of hydrogen-bond acceptors (Lipinski definition) is 6. The summed E-state index contributed by atoms with van der Waals surface area (Å²) in [6.07, 6.45) is 1.62.